The summed E-state index contributed by atoms with van der Waals surface area (Å²) in [6.45, 7) is 2.15. The number of ether oxygens (including phenoxy) is 1. The Bertz CT molecular complexity index is 65.9. The van der Waals surface area contributed by atoms with Crippen LogP contribution in [0.3, 0.4) is 0 Å². The van der Waals surface area contributed by atoms with Crippen LogP contribution < -0.4 is 0 Å². The Morgan fingerprint density at radius 2 is 2.00 bits per heavy atom. The first kappa shape index (κ1) is 3.40. The summed E-state index contributed by atoms with van der Waals surface area (Å²) in [6, 6.07) is 0. The standard InChI is InChI=1S/C4H7OP/c1-3-4(6-3)2-5-1/h3-4,6H,1-2H2. The van der Waals surface area contributed by atoms with Crippen molar-refractivity contribution in [2.45, 2.75) is 11.3 Å². The third kappa shape index (κ3) is 0.329. The lowest BCUT2D eigenvalue weighted by Gasteiger charge is -1.87. The van der Waals surface area contributed by atoms with E-state index in [1.54, 1.807) is 0 Å². The minimum absolute atomic E-state index is 1.02. The van der Waals surface area contributed by atoms with Crippen LogP contribution >= 0.6 is 8.58 Å². The van der Waals surface area contributed by atoms with Crippen molar-refractivity contribution < 1.29 is 4.74 Å². The van der Waals surface area contributed by atoms with Gasteiger partial charge in [-0.1, -0.05) is 0 Å². The molecule has 2 heteroatoms. The van der Waals surface area contributed by atoms with Gasteiger partial charge in [-0.2, -0.15) is 0 Å². The smallest absolute Gasteiger partial charge is 0.0538 e. The molecule has 2 saturated heterocycles. The average Bonchev–Trinajstić information content (AvgIpc) is 2.17. The van der Waals surface area contributed by atoms with E-state index in [2.05, 4.69) is 0 Å². The molecule has 2 fully saturated rings. The Morgan fingerprint density at radius 1 is 1.33 bits per heavy atom. The Balaban J connectivity index is 2.09. The quantitative estimate of drug-likeness (QED) is 0.403. The van der Waals surface area contributed by atoms with Crippen molar-refractivity contribution in [3.63, 3.8) is 0 Å². The van der Waals surface area contributed by atoms with Gasteiger partial charge in [0, 0.05) is 11.3 Å². The van der Waals surface area contributed by atoms with Crippen LogP contribution in [0.5, 0.6) is 0 Å². The van der Waals surface area contributed by atoms with Gasteiger partial charge in [-0.3, -0.25) is 0 Å². The van der Waals surface area contributed by atoms with Gasteiger partial charge in [0.05, 0.1) is 13.2 Å². The van der Waals surface area contributed by atoms with Crippen LogP contribution in [0.4, 0.5) is 0 Å². The second-order valence-corrected chi connectivity index (χ2v) is 3.73. The van der Waals surface area contributed by atoms with Crippen molar-refractivity contribution in [2.75, 3.05) is 13.2 Å². The van der Waals surface area contributed by atoms with Crippen LogP contribution in [0.15, 0.2) is 0 Å². The van der Waals surface area contributed by atoms with Gasteiger partial charge in [0.1, 0.15) is 0 Å². The molecule has 2 aliphatic heterocycles. The zero-order valence-electron chi connectivity index (χ0n) is 3.48. The molecule has 0 saturated carbocycles. The first-order chi connectivity index (χ1) is 2.97. The van der Waals surface area contributed by atoms with Crippen molar-refractivity contribution >= 4 is 8.58 Å². The fraction of sp³-hybridized carbons (Fsp3) is 1.00. The summed E-state index contributed by atoms with van der Waals surface area (Å²) < 4.78 is 5.11. The molecule has 0 aromatic rings. The topological polar surface area (TPSA) is 9.23 Å². The SMILES string of the molecule is C1OCC2PC12. The third-order valence-electron chi connectivity index (χ3n) is 1.40. The molecule has 2 atom stereocenters. The highest BCUT2D eigenvalue weighted by molar-refractivity contribution is 7.49. The van der Waals surface area contributed by atoms with E-state index in [0.29, 0.717) is 0 Å². The normalized spacial score (nSPS) is 56.0. The van der Waals surface area contributed by atoms with Gasteiger partial charge in [-0.15, -0.1) is 8.58 Å². The van der Waals surface area contributed by atoms with Crippen LogP contribution in [-0.2, 0) is 4.74 Å². The summed E-state index contributed by atoms with van der Waals surface area (Å²) in [6.07, 6.45) is 0. The predicted octanol–water partition coefficient (Wildman–Crippen LogP) is 0.446. The molecule has 0 spiro atoms. The Hall–Kier alpha value is 0.390. The van der Waals surface area contributed by atoms with Gasteiger partial charge in [0.2, 0.25) is 0 Å². The number of hydrogen-bond donors (Lipinski definition) is 0. The average molecular weight is 102 g/mol. The Kier molecular flexibility index (Phi) is 0.545. The van der Waals surface area contributed by atoms with Crippen LogP contribution in [0.1, 0.15) is 0 Å². The van der Waals surface area contributed by atoms with Crippen LogP contribution in [0.2, 0.25) is 0 Å². The summed E-state index contributed by atoms with van der Waals surface area (Å²) in [5.74, 6) is 0. The van der Waals surface area contributed by atoms with Crippen molar-refractivity contribution in [2.24, 2.45) is 0 Å². The van der Waals surface area contributed by atoms with E-state index >= 15 is 0 Å². The van der Waals surface area contributed by atoms with Gasteiger partial charge < -0.3 is 4.74 Å². The molecule has 34 valence electrons. The van der Waals surface area contributed by atoms with Crippen molar-refractivity contribution in [3.05, 3.63) is 0 Å². The highest BCUT2D eigenvalue weighted by Crippen LogP contribution is 2.52. The minimum Gasteiger partial charge on any atom is -0.380 e. The van der Waals surface area contributed by atoms with Crippen molar-refractivity contribution in [1.29, 1.82) is 0 Å². The molecule has 0 bridgehead atoms. The Morgan fingerprint density at radius 3 is 2.17 bits per heavy atom. The molecular formula is C4H7OP. The summed E-state index contributed by atoms with van der Waals surface area (Å²) in [5.41, 5.74) is 2.04. The molecule has 2 aliphatic rings. The zero-order valence-corrected chi connectivity index (χ0v) is 4.48. The molecule has 0 aromatic heterocycles. The maximum absolute atomic E-state index is 5.11. The molecule has 0 N–H and O–H groups in total. The van der Waals surface area contributed by atoms with Gasteiger partial charge in [-0.05, 0) is 0 Å². The summed E-state index contributed by atoms with van der Waals surface area (Å²) >= 11 is 0. The first-order valence-corrected chi connectivity index (χ1v) is 3.46. The minimum atomic E-state index is 1.02. The van der Waals surface area contributed by atoms with E-state index in [4.69, 9.17) is 4.74 Å². The number of fused-ring (bicyclic) bond motifs is 1. The second kappa shape index (κ2) is 0.962. The molecule has 1 nitrogen and oxygen atoms in total. The predicted molar refractivity (Wildman–Crippen MR) is 26.7 cm³/mol. The second-order valence-electron chi connectivity index (χ2n) is 1.92. The molecular weight excluding hydrogens is 95.0 g/mol. The maximum Gasteiger partial charge on any atom is 0.0538 e. The van der Waals surface area contributed by atoms with Crippen LogP contribution in [-0.4, -0.2) is 24.5 Å². The zero-order chi connectivity index (χ0) is 3.98. The van der Waals surface area contributed by atoms with Crippen molar-refractivity contribution in [3.8, 4) is 0 Å². The molecule has 0 aromatic carbocycles. The van der Waals surface area contributed by atoms with E-state index in [1.807, 2.05) is 0 Å². The van der Waals surface area contributed by atoms with E-state index < -0.39 is 0 Å². The van der Waals surface area contributed by atoms with E-state index in [9.17, 15) is 0 Å². The lowest BCUT2D eigenvalue weighted by molar-refractivity contribution is 0.196. The first-order valence-electron chi connectivity index (χ1n) is 2.30. The molecule has 0 aliphatic carbocycles. The molecule has 2 unspecified atom stereocenters. The molecule has 6 heavy (non-hydrogen) atoms. The fourth-order valence-corrected chi connectivity index (χ4v) is 1.93. The molecule has 2 heterocycles. The van der Waals surface area contributed by atoms with Crippen LogP contribution in [0.25, 0.3) is 0 Å². The number of rotatable bonds is 0. The largest absolute Gasteiger partial charge is 0.380 e. The van der Waals surface area contributed by atoms with Crippen molar-refractivity contribution in [1.82, 2.24) is 0 Å². The highest BCUT2D eigenvalue weighted by Gasteiger charge is 2.41. The van der Waals surface area contributed by atoms with E-state index in [0.717, 1.165) is 24.5 Å². The fourth-order valence-electron chi connectivity index (χ4n) is 0.870. The van der Waals surface area contributed by atoms with Gasteiger partial charge in [0.25, 0.3) is 0 Å². The lowest BCUT2D eigenvalue weighted by Crippen LogP contribution is -1.85. The van der Waals surface area contributed by atoms with E-state index in [1.165, 1.54) is 8.58 Å². The van der Waals surface area contributed by atoms with Gasteiger partial charge in [-0.25, -0.2) is 0 Å². The summed E-state index contributed by atoms with van der Waals surface area (Å²) in [5, 5.41) is 0. The molecule has 0 radical (unpaired) electrons. The highest BCUT2D eigenvalue weighted by atomic mass is 31.1. The lowest BCUT2D eigenvalue weighted by atomic mass is 10.4. The summed E-state index contributed by atoms with van der Waals surface area (Å²) in [7, 11) is 1.26. The molecule has 2 rings (SSSR count). The molecule has 0 amide bonds. The Labute approximate surface area is 38.9 Å². The monoisotopic (exact) mass is 102 g/mol. The van der Waals surface area contributed by atoms with Gasteiger partial charge in [0.15, 0.2) is 0 Å². The maximum atomic E-state index is 5.11. The number of hydrogen-bond acceptors (Lipinski definition) is 1. The van der Waals surface area contributed by atoms with Crippen LogP contribution in [0, 0.1) is 0 Å². The van der Waals surface area contributed by atoms with Gasteiger partial charge >= 0.3 is 0 Å². The third-order valence-corrected chi connectivity index (χ3v) is 3.01. The van der Waals surface area contributed by atoms with E-state index in [-0.39, 0.29) is 0 Å². The summed E-state index contributed by atoms with van der Waals surface area (Å²) in [4.78, 5) is 0.